The van der Waals surface area contributed by atoms with Gasteiger partial charge >= 0.3 is 0 Å². The molecule has 3 rings (SSSR count). The molecule has 0 amide bonds. The molecule has 0 N–H and O–H groups in total. The van der Waals surface area contributed by atoms with E-state index in [4.69, 9.17) is 4.74 Å². The van der Waals surface area contributed by atoms with Crippen LogP contribution in [0.5, 0.6) is 0 Å². The van der Waals surface area contributed by atoms with Crippen LogP contribution in [-0.4, -0.2) is 23.6 Å². The van der Waals surface area contributed by atoms with Gasteiger partial charge in [-0.25, -0.2) is 0 Å². The summed E-state index contributed by atoms with van der Waals surface area (Å²) in [5, 5.41) is 1.04. The van der Waals surface area contributed by atoms with Gasteiger partial charge < -0.3 is 9.30 Å². The maximum Gasteiger partial charge on any atom is 0.195 e. The number of carbonyl (C=O) groups excluding carboxylic acids is 1. The Hall–Kier alpha value is -2.39. The Morgan fingerprint density at radius 1 is 1.12 bits per heavy atom. The maximum absolute atomic E-state index is 13.3. The highest BCUT2D eigenvalue weighted by Gasteiger charge is 2.23. The standard InChI is InChI=1S/C23H27NO2/c1-5-26-14-13-17(3)24-18(4)22(20-15-16(2)11-12-21(20)24)23(25)19-9-7-6-8-10-19/h6-12,15,17H,5,13-14H2,1-4H3. The highest BCUT2D eigenvalue weighted by atomic mass is 16.5. The average molecular weight is 349 g/mol. The highest BCUT2D eigenvalue weighted by molar-refractivity contribution is 6.17. The predicted octanol–water partition coefficient (Wildman–Crippen LogP) is 5.48. The number of ketones is 1. The first-order chi connectivity index (χ1) is 12.5. The number of hydrogen-bond donors (Lipinski definition) is 0. The van der Waals surface area contributed by atoms with Crippen molar-refractivity contribution < 1.29 is 9.53 Å². The first-order valence-electron chi connectivity index (χ1n) is 9.33. The van der Waals surface area contributed by atoms with Crippen molar-refractivity contribution in [1.82, 2.24) is 4.57 Å². The molecule has 0 radical (unpaired) electrons. The van der Waals surface area contributed by atoms with E-state index in [-0.39, 0.29) is 11.8 Å². The molecule has 0 saturated heterocycles. The number of hydrogen-bond acceptors (Lipinski definition) is 2. The minimum absolute atomic E-state index is 0.0921. The van der Waals surface area contributed by atoms with Crippen LogP contribution >= 0.6 is 0 Å². The van der Waals surface area contributed by atoms with Crippen molar-refractivity contribution in [3.8, 4) is 0 Å². The van der Waals surface area contributed by atoms with Gasteiger partial charge in [-0.2, -0.15) is 0 Å². The normalized spacial score (nSPS) is 12.5. The molecule has 0 fully saturated rings. The van der Waals surface area contributed by atoms with E-state index in [2.05, 4.69) is 43.5 Å². The lowest BCUT2D eigenvalue weighted by atomic mass is 10.00. The molecule has 136 valence electrons. The average Bonchev–Trinajstić information content (AvgIpc) is 2.93. The van der Waals surface area contributed by atoms with Crippen molar-refractivity contribution in [2.24, 2.45) is 0 Å². The molecule has 1 atom stereocenters. The van der Waals surface area contributed by atoms with E-state index in [1.165, 1.54) is 5.56 Å². The van der Waals surface area contributed by atoms with Crippen LogP contribution in [0, 0.1) is 13.8 Å². The molecule has 0 spiro atoms. The Labute approximate surface area is 155 Å². The zero-order chi connectivity index (χ0) is 18.7. The van der Waals surface area contributed by atoms with Crippen molar-refractivity contribution in [2.75, 3.05) is 13.2 Å². The van der Waals surface area contributed by atoms with Crippen molar-refractivity contribution >= 4 is 16.7 Å². The van der Waals surface area contributed by atoms with Gasteiger partial charge in [0.05, 0.1) is 5.56 Å². The molecule has 0 bridgehead atoms. The Balaban J connectivity index is 2.12. The van der Waals surface area contributed by atoms with E-state index in [1.54, 1.807) is 0 Å². The third-order valence-electron chi connectivity index (χ3n) is 4.99. The smallest absolute Gasteiger partial charge is 0.195 e. The number of carbonyl (C=O) groups is 1. The predicted molar refractivity (Wildman–Crippen MR) is 107 cm³/mol. The van der Waals surface area contributed by atoms with E-state index in [0.717, 1.165) is 47.4 Å². The summed E-state index contributed by atoms with van der Waals surface area (Å²) in [7, 11) is 0. The summed E-state index contributed by atoms with van der Waals surface area (Å²) in [5.41, 5.74) is 4.87. The van der Waals surface area contributed by atoms with E-state index >= 15 is 0 Å². The fourth-order valence-electron chi connectivity index (χ4n) is 3.67. The van der Waals surface area contributed by atoms with E-state index < -0.39 is 0 Å². The Bertz CT molecular complexity index is 909. The van der Waals surface area contributed by atoms with Gasteiger partial charge in [0.25, 0.3) is 0 Å². The molecule has 0 aliphatic heterocycles. The topological polar surface area (TPSA) is 31.2 Å². The summed E-state index contributed by atoms with van der Waals surface area (Å²) in [4.78, 5) is 13.3. The molecule has 1 aromatic heterocycles. The van der Waals surface area contributed by atoms with Crippen molar-refractivity contribution in [3.05, 3.63) is 70.9 Å². The number of aromatic nitrogens is 1. The summed E-state index contributed by atoms with van der Waals surface area (Å²) in [6, 6.07) is 16.2. The van der Waals surface area contributed by atoms with Crippen LogP contribution in [0.3, 0.4) is 0 Å². The number of aryl methyl sites for hydroxylation is 1. The van der Waals surface area contributed by atoms with Crippen LogP contribution in [0.25, 0.3) is 10.9 Å². The van der Waals surface area contributed by atoms with Crippen molar-refractivity contribution in [3.63, 3.8) is 0 Å². The molecule has 3 heteroatoms. The monoisotopic (exact) mass is 349 g/mol. The van der Waals surface area contributed by atoms with Gasteiger partial charge in [-0.05, 0) is 46.2 Å². The second-order valence-corrected chi connectivity index (χ2v) is 6.88. The second kappa shape index (κ2) is 7.88. The van der Waals surface area contributed by atoms with Crippen molar-refractivity contribution in [2.45, 2.75) is 40.2 Å². The first-order valence-corrected chi connectivity index (χ1v) is 9.33. The van der Waals surface area contributed by atoms with Gasteiger partial charge in [0, 0.05) is 41.4 Å². The number of fused-ring (bicyclic) bond motifs is 1. The highest BCUT2D eigenvalue weighted by Crippen LogP contribution is 2.32. The van der Waals surface area contributed by atoms with Crippen molar-refractivity contribution in [1.29, 1.82) is 0 Å². The molecule has 3 nitrogen and oxygen atoms in total. The van der Waals surface area contributed by atoms with Gasteiger partial charge in [0.1, 0.15) is 0 Å². The van der Waals surface area contributed by atoms with E-state index in [9.17, 15) is 4.79 Å². The molecule has 0 aliphatic rings. The van der Waals surface area contributed by atoms with Crippen LogP contribution < -0.4 is 0 Å². The fraction of sp³-hybridized carbons (Fsp3) is 0.348. The molecule has 1 heterocycles. The quantitative estimate of drug-likeness (QED) is 0.418. The number of rotatable bonds is 7. The molecule has 2 aromatic carbocycles. The summed E-state index contributed by atoms with van der Waals surface area (Å²) >= 11 is 0. The molecule has 26 heavy (non-hydrogen) atoms. The fourth-order valence-corrected chi connectivity index (χ4v) is 3.67. The molecule has 1 unspecified atom stereocenters. The third-order valence-corrected chi connectivity index (χ3v) is 4.99. The van der Waals surface area contributed by atoms with E-state index in [1.807, 2.05) is 37.3 Å². The lowest BCUT2D eigenvalue weighted by molar-refractivity contribution is 0.103. The third kappa shape index (κ3) is 3.45. The molecular formula is C23H27NO2. The van der Waals surface area contributed by atoms with Gasteiger partial charge in [0.2, 0.25) is 0 Å². The van der Waals surface area contributed by atoms with Gasteiger partial charge in [-0.15, -0.1) is 0 Å². The van der Waals surface area contributed by atoms with Gasteiger partial charge in [-0.3, -0.25) is 4.79 Å². The van der Waals surface area contributed by atoms with Crippen LogP contribution in [0.2, 0.25) is 0 Å². The summed E-state index contributed by atoms with van der Waals surface area (Å²) < 4.78 is 7.84. The summed E-state index contributed by atoms with van der Waals surface area (Å²) in [5.74, 6) is 0.0921. The zero-order valence-electron chi connectivity index (χ0n) is 16.1. The number of nitrogens with zero attached hydrogens (tertiary/aromatic N) is 1. The molecule has 3 aromatic rings. The Morgan fingerprint density at radius 2 is 1.85 bits per heavy atom. The molecular weight excluding hydrogens is 322 g/mol. The van der Waals surface area contributed by atoms with Crippen LogP contribution in [0.4, 0.5) is 0 Å². The van der Waals surface area contributed by atoms with Crippen LogP contribution in [0.15, 0.2) is 48.5 Å². The van der Waals surface area contributed by atoms with Gasteiger partial charge in [0.15, 0.2) is 5.78 Å². The lowest BCUT2D eigenvalue weighted by Gasteiger charge is -2.18. The number of benzene rings is 2. The van der Waals surface area contributed by atoms with E-state index in [0.29, 0.717) is 0 Å². The molecule has 0 aliphatic carbocycles. The summed E-state index contributed by atoms with van der Waals surface area (Å²) in [6.45, 7) is 9.80. The minimum Gasteiger partial charge on any atom is -0.382 e. The first kappa shape index (κ1) is 18.4. The number of ether oxygens (including phenoxy) is 1. The molecule has 0 saturated carbocycles. The minimum atomic E-state index is 0.0921. The lowest BCUT2D eigenvalue weighted by Crippen LogP contribution is -2.11. The Kier molecular flexibility index (Phi) is 5.58. The SMILES string of the molecule is CCOCCC(C)n1c(C)c(C(=O)c2ccccc2)c2cc(C)ccc21. The maximum atomic E-state index is 13.3. The van der Waals surface area contributed by atoms with Crippen LogP contribution in [0.1, 0.15) is 53.5 Å². The van der Waals surface area contributed by atoms with Gasteiger partial charge in [-0.1, -0.05) is 42.0 Å². The zero-order valence-corrected chi connectivity index (χ0v) is 16.1. The Morgan fingerprint density at radius 3 is 2.54 bits per heavy atom. The van der Waals surface area contributed by atoms with Crippen LogP contribution in [-0.2, 0) is 4.74 Å². The largest absolute Gasteiger partial charge is 0.382 e. The second-order valence-electron chi connectivity index (χ2n) is 6.88. The summed E-state index contributed by atoms with van der Waals surface area (Å²) in [6.07, 6.45) is 0.922.